The van der Waals surface area contributed by atoms with E-state index in [0.717, 1.165) is 6.42 Å². The van der Waals surface area contributed by atoms with Gasteiger partial charge < -0.3 is 14.8 Å². The van der Waals surface area contributed by atoms with Crippen molar-refractivity contribution in [3.05, 3.63) is 22.7 Å². The standard InChI is InChI=1S/C11H18N4O2/c1-4-5-15(7-11(17)14(2)3)9-6-10(16)13-8-12-9/h6,8H,4-5,7H2,1-3H3,(H,12,13,16). The predicted molar refractivity (Wildman–Crippen MR) is 66.1 cm³/mol. The van der Waals surface area contributed by atoms with Gasteiger partial charge in [-0.3, -0.25) is 9.59 Å². The quantitative estimate of drug-likeness (QED) is 0.788. The Hall–Kier alpha value is -1.85. The molecule has 17 heavy (non-hydrogen) atoms. The zero-order chi connectivity index (χ0) is 12.8. The second-order valence-corrected chi connectivity index (χ2v) is 3.98. The first-order chi connectivity index (χ1) is 8.04. The van der Waals surface area contributed by atoms with Crippen LogP contribution in [0.5, 0.6) is 0 Å². The molecule has 0 atom stereocenters. The number of H-pyrrole nitrogens is 1. The number of nitrogens with zero attached hydrogens (tertiary/aromatic N) is 3. The van der Waals surface area contributed by atoms with Crippen molar-refractivity contribution in [1.82, 2.24) is 14.9 Å². The van der Waals surface area contributed by atoms with Crippen LogP contribution in [-0.2, 0) is 4.79 Å². The van der Waals surface area contributed by atoms with Crippen LogP contribution in [-0.4, -0.2) is 48.0 Å². The monoisotopic (exact) mass is 238 g/mol. The average Bonchev–Trinajstić information content (AvgIpc) is 2.28. The van der Waals surface area contributed by atoms with E-state index in [0.29, 0.717) is 12.4 Å². The Labute approximate surface area is 100 Å². The van der Waals surface area contributed by atoms with Crippen molar-refractivity contribution < 1.29 is 4.79 Å². The third kappa shape index (κ3) is 3.90. The van der Waals surface area contributed by atoms with Gasteiger partial charge in [-0.1, -0.05) is 6.92 Å². The fraction of sp³-hybridized carbons (Fsp3) is 0.545. The van der Waals surface area contributed by atoms with E-state index in [1.165, 1.54) is 17.3 Å². The number of anilines is 1. The van der Waals surface area contributed by atoms with Crippen molar-refractivity contribution in [2.45, 2.75) is 13.3 Å². The molecule has 1 aromatic heterocycles. The van der Waals surface area contributed by atoms with Crippen molar-refractivity contribution >= 4 is 11.7 Å². The number of carbonyl (C=O) groups excluding carboxylic acids is 1. The topological polar surface area (TPSA) is 69.3 Å². The minimum absolute atomic E-state index is 0.0134. The first kappa shape index (κ1) is 13.2. The molecule has 0 saturated carbocycles. The summed E-state index contributed by atoms with van der Waals surface area (Å²) in [5, 5.41) is 0. The molecule has 0 bridgehead atoms. The minimum Gasteiger partial charge on any atom is -0.347 e. The van der Waals surface area contributed by atoms with Crippen molar-refractivity contribution in [3.8, 4) is 0 Å². The van der Waals surface area contributed by atoms with Gasteiger partial charge in [-0.05, 0) is 6.42 Å². The molecule has 1 N–H and O–H groups in total. The molecule has 1 amide bonds. The van der Waals surface area contributed by atoms with Crippen LogP contribution in [0.3, 0.4) is 0 Å². The number of aromatic nitrogens is 2. The van der Waals surface area contributed by atoms with Gasteiger partial charge in [0.15, 0.2) is 0 Å². The number of likely N-dealkylation sites (N-methyl/N-ethyl adjacent to an activating group) is 1. The average molecular weight is 238 g/mol. The highest BCUT2D eigenvalue weighted by Gasteiger charge is 2.13. The van der Waals surface area contributed by atoms with E-state index < -0.39 is 0 Å². The lowest BCUT2D eigenvalue weighted by Gasteiger charge is -2.23. The smallest absolute Gasteiger partial charge is 0.252 e. The normalized spacial score (nSPS) is 10.1. The van der Waals surface area contributed by atoms with Crippen LogP contribution >= 0.6 is 0 Å². The molecule has 0 aliphatic carbocycles. The third-order valence-electron chi connectivity index (χ3n) is 2.31. The van der Waals surface area contributed by atoms with Crippen LogP contribution < -0.4 is 10.5 Å². The molecule has 0 spiro atoms. The lowest BCUT2D eigenvalue weighted by Crippen LogP contribution is -2.38. The SMILES string of the molecule is CCCN(CC(=O)N(C)C)c1cc(=O)[nH]cn1. The highest BCUT2D eigenvalue weighted by atomic mass is 16.2. The molecule has 0 aliphatic rings. The maximum absolute atomic E-state index is 11.7. The van der Waals surface area contributed by atoms with Crippen LogP contribution in [0.25, 0.3) is 0 Å². The molecular weight excluding hydrogens is 220 g/mol. The van der Waals surface area contributed by atoms with Gasteiger partial charge in [-0.15, -0.1) is 0 Å². The predicted octanol–water partition coefficient (Wildman–Crippen LogP) is 0.0745. The summed E-state index contributed by atoms with van der Waals surface area (Å²) in [4.78, 5) is 32.7. The summed E-state index contributed by atoms with van der Waals surface area (Å²) in [6.45, 7) is 2.94. The summed E-state index contributed by atoms with van der Waals surface area (Å²) in [5.74, 6) is 0.520. The molecule has 0 saturated heterocycles. The number of nitrogens with one attached hydrogen (secondary N) is 1. The van der Waals surface area contributed by atoms with Crippen LogP contribution in [0.2, 0.25) is 0 Å². The minimum atomic E-state index is -0.214. The molecule has 1 aromatic rings. The first-order valence-electron chi connectivity index (χ1n) is 5.54. The lowest BCUT2D eigenvalue weighted by molar-refractivity contribution is -0.127. The molecule has 0 aromatic carbocycles. The van der Waals surface area contributed by atoms with E-state index in [2.05, 4.69) is 9.97 Å². The van der Waals surface area contributed by atoms with Crippen LogP contribution in [0.1, 0.15) is 13.3 Å². The fourth-order valence-electron chi connectivity index (χ4n) is 1.38. The van der Waals surface area contributed by atoms with Crippen molar-refractivity contribution in [1.29, 1.82) is 0 Å². The largest absolute Gasteiger partial charge is 0.347 e. The maximum Gasteiger partial charge on any atom is 0.252 e. The zero-order valence-electron chi connectivity index (χ0n) is 10.4. The molecule has 0 unspecified atom stereocenters. The van der Waals surface area contributed by atoms with Crippen molar-refractivity contribution in [2.24, 2.45) is 0 Å². The Balaban J connectivity index is 2.85. The number of hydrogen-bond acceptors (Lipinski definition) is 4. The second kappa shape index (κ2) is 6.03. The summed E-state index contributed by atoms with van der Waals surface area (Å²) >= 11 is 0. The Morgan fingerprint density at radius 2 is 2.18 bits per heavy atom. The summed E-state index contributed by atoms with van der Waals surface area (Å²) in [5.41, 5.74) is -0.214. The number of amides is 1. The van der Waals surface area contributed by atoms with E-state index in [4.69, 9.17) is 0 Å². The maximum atomic E-state index is 11.7. The molecule has 6 nitrogen and oxygen atoms in total. The van der Waals surface area contributed by atoms with Gasteiger partial charge >= 0.3 is 0 Å². The highest BCUT2D eigenvalue weighted by molar-refractivity contribution is 5.80. The third-order valence-corrected chi connectivity index (χ3v) is 2.31. The molecular formula is C11H18N4O2. The first-order valence-corrected chi connectivity index (χ1v) is 5.54. The van der Waals surface area contributed by atoms with Crippen molar-refractivity contribution in [2.75, 3.05) is 32.1 Å². The molecule has 0 aliphatic heterocycles. The van der Waals surface area contributed by atoms with Gasteiger partial charge in [-0.2, -0.15) is 0 Å². The van der Waals surface area contributed by atoms with E-state index in [9.17, 15) is 9.59 Å². The van der Waals surface area contributed by atoms with E-state index in [1.54, 1.807) is 19.0 Å². The van der Waals surface area contributed by atoms with Gasteiger partial charge in [0.05, 0.1) is 12.9 Å². The molecule has 1 rings (SSSR count). The van der Waals surface area contributed by atoms with Crippen LogP contribution in [0, 0.1) is 0 Å². The number of carbonyl (C=O) groups is 1. The van der Waals surface area contributed by atoms with Gasteiger partial charge in [0.2, 0.25) is 5.91 Å². The zero-order valence-corrected chi connectivity index (χ0v) is 10.4. The highest BCUT2D eigenvalue weighted by Crippen LogP contribution is 2.07. The molecule has 0 radical (unpaired) electrons. The van der Waals surface area contributed by atoms with Gasteiger partial charge in [-0.25, -0.2) is 4.98 Å². The van der Waals surface area contributed by atoms with E-state index in [1.807, 2.05) is 6.92 Å². The fourth-order valence-corrected chi connectivity index (χ4v) is 1.38. The molecule has 94 valence electrons. The van der Waals surface area contributed by atoms with Crippen LogP contribution in [0.15, 0.2) is 17.2 Å². The second-order valence-electron chi connectivity index (χ2n) is 3.98. The van der Waals surface area contributed by atoms with Gasteiger partial charge in [0.1, 0.15) is 5.82 Å². The summed E-state index contributed by atoms with van der Waals surface area (Å²) in [6, 6.07) is 1.40. The van der Waals surface area contributed by atoms with E-state index in [-0.39, 0.29) is 18.0 Å². The Bertz CT molecular complexity index is 427. The molecule has 0 fully saturated rings. The molecule has 6 heteroatoms. The van der Waals surface area contributed by atoms with Gasteiger partial charge in [0, 0.05) is 26.7 Å². The number of aromatic amines is 1. The Kier molecular flexibility index (Phi) is 4.68. The molecule has 1 heterocycles. The summed E-state index contributed by atoms with van der Waals surface area (Å²) in [6.07, 6.45) is 2.23. The van der Waals surface area contributed by atoms with E-state index >= 15 is 0 Å². The van der Waals surface area contributed by atoms with Crippen molar-refractivity contribution in [3.63, 3.8) is 0 Å². The van der Waals surface area contributed by atoms with Crippen LogP contribution in [0.4, 0.5) is 5.82 Å². The van der Waals surface area contributed by atoms with Gasteiger partial charge in [0.25, 0.3) is 5.56 Å². The Morgan fingerprint density at radius 1 is 1.47 bits per heavy atom. The Morgan fingerprint density at radius 3 is 2.71 bits per heavy atom. The summed E-state index contributed by atoms with van der Waals surface area (Å²) < 4.78 is 0. The summed E-state index contributed by atoms with van der Waals surface area (Å²) in [7, 11) is 3.41. The number of rotatable bonds is 5. The lowest BCUT2D eigenvalue weighted by atomic mass is 10.3. The number of hydrogen-bond donors (Lipinski definition) is 1.